The van der Waals surface area contributed by atoms with Gasteiger partial charge in [0, 0.05) is 12.1 Å². The van der Waals surface area contributed by atoms with Gasteiger partial charge in [0.15, 0.2) is 0 Å². The van der Waals surface area contributed by atoms with Crippen LogP contribution in [-0.2, 0) is 12.6 Å². The van der Waals surface area contributed by atoms with Crippen LogP contribution >= 0.6 is 11.6 Å². The molecule has 1 aliphatic rings. The minimum Gasteiger partial charge on any atom is -0.330 e. The number of imidazole rings is 1. The summed E-state index contributed by atoms with van der Waals surface area (Å²) < 4.78 is 2.18. The average Bonchev–Trinajstić information content (AvgIpc) is 2.68. The number of rotatable bonds is 1. The molecular weight excluding hydrogens is 246 g/mol. The fourth-order valence-corrected chi connectivity index (χ4v) is 3.08. The van der Waals surface area contributed by atoms with Crippen LogP contribution in [-0.4, -0.2) is 16.1 Å². The molecule has 96 valence electrons. The summed E-state index contributed by atoms with van der Waals surface area (Å²) in [6, 6.07) is 5.90. The van der Waals surface area contributed by atoms with E-state index < -0.39 is 0 Å². The second kappa shape index (κ2) is 4.25. The van der Waals surface area contributed by atoms with Crippen LogP contribution in [0.1, 0.15) is 32.0 Å². The lowest BCUT2D eigenvalue weighted by Crippen LogP contribution is -2.45. The Balaban J connectivity index is 2.14. The molecule has 0 radical (unpaired) electrons. The second-order valence-electron chi connectivity index (χ2n) is 5.34. The predicted octanol–water partition coefficient (Wildman–Crippen LogP) is 3.22. The molecule has 18 heavy (non-hydrogen) atoms. The van der Waals surface area contributed by atoms with Crippen LogP contribution in [0.5, 0.6) is 0 Å². The van der Waals surface area contributed by atoms with Gasteiger partial charge in [-0.15, -0.1) is 0 Å². The lowest BCUT2D eigenvalue weighted by atomic mass is 9.90. The van der Waals surface area contributed by atoms with Crippen molar-refractivity contribution >= 4 is 22.6 Å². The quantitative estimate of drug-likeness (QED) is 0.856. The van der Waals surface area contributed by atoms with Crippen molar-refractivity contribution in [3.63, 3.8) is 0 Å². The first kappa shape index (κ1) is 12.0. The molecule has 3 rings (SSSR count). The van der Waals surface area contributed by atoms with Gasteiger partial charge in [0.25, 0.3) is 0 Å². The molecule has 0 saturated carbocycles. The van der Waals surface area contributed by atoms with E-state index in [9.17, 15) is 0 Å². The molecule has 1 fully saturated rings. The van der Waals surface area contributed by atoms with Crippen molar-refractivity contribution in [3.05, 3.63) is 29.0 Å². The van der Waals surface area contributed by atoms with E-state index in [1.807, 2.05) is 18.2 Å². The Morgan fingerprint density at radius 1 is 1.39 bits per heavy atom. The van der Waals surface area contributed by atoms with E-state index in [1.54, 1.807) is 0 Å². The molecule has 4 heteroatoms. The number of nitrogens with zero attached hydrogens (tertiary/aromatic N) is 2. The highest BCUT2D eigenvalue weighted by molar-refractivity contribution is 6.31. The molecule has 3 nitrogen and oxygen atoms in total. The van der Waals surface area contributed by atoms with Gasteiger partial charge in [-0.1, -0.05) is 11.6 Å². The van der Waals surface area contributed by atoms with Gasteiger partial charge in [0.2, 0.25) is 0 Å². The highest BCUT2D eigenvalue weighted by Crippen LogP contribution is 2.31. The molecule has 1 aliphatic heterocycles. The van der Waals surface area contributed by atoms with Crippen LogP contribution in [0, 0.1) is 0 Å². The van der Waals surface area contributed by atoms with Gasteiger partial charge >= 0.3 is 0 Å². The highest BCUT2D eigenvalue weighted by Gasteiger charge is 2.32. The van der Waals surface area contributed by atoms with Crippen molar-refractivity contribution in [1.82, 2.24) is 14.9 Å². The summed E-state index contributed by atoms with van der Waals surface area (Å²) in [6.07, 6.45) is 3.65. The van der Waals surface area contributed by atoms with Crippen LogP contribution in [0.2, 0.25) is 5.02 Å². The Morgan fingerprint density at radius 2 is 2.22 bits per heavy atom. The third-order valence-electron chi connectivity index (χ3n) is 3.96. The molecule has 1 N–H and O–H groups in total. The number of halogens is 1. The number of hydrogen-bond donors (Lipinski definition) is 1. The van der Waals surface area contributed by atoms with Crippen LogP contribution in [0.4, 0.5) is 0 Å². The number of aromatic nitrogens is 2. The molecule has 0 spiro atoms. The van der Waals surface area contributed by atoms with Crippen molar-refractivity contribution in [3.8, 4) is 0 Å². The van der Waals surface area contributed by atoms with Crippen LogP contribution < -0.4 is 5.32 Å². The Labute approximate surface area is 112 Å². The van der Waals surface area contributed by atoms with E-state index in [0.29, 0.717) is 0 Å². The summed E-state index contributed by atoms with van der Waals surface area (Å²) in [7, 11) is 2.08. The minimum atomic E-state index is -0.0154. The Hall–Kier alpha value is -1.06. The molecule has 1 unspecified atom stereocenters. The normalized spacial score (nSPS) is 24.6. The van der Waals surface area contributed by atoms with E-state index in [0.717, 1.165) is 34.8 Å². The number of piperidine rings is 1. The summed E-state index contributed by atoms with van der Waals surface area (Å²) in [5.74, 6) is 1.11. The number of benzene rings is 1. The average molecular weight is 264 g/mol. The van der Waals surface area contributed by atoms with Crippen molar-refractivity contribution in [2.75, 3.05) is 6.54 Å². The lowest BCUT2D eigenvalue weighted by Gasteiger charge is -2.34. The van der Waals surface area contributed by atoms with Crippen LogP contribution in [0.3, 0.4) is 0 Å². The summed E-state index contributed by atoms with van der Waals surface area (Å²) in [4.78, 5) is 4.78. The maximum atomic E-state index is 6.04. The summed E-state index contributed by atoms with van der Waals surface area (Å²) in [5.41, 5.74) is 2.11. The summed E-state index contributed by atoms with van der Waals surface area (Å²) >= 11 is 6.04. The van der Waals surface area contributed by atoms with E-state index in [1.165, 1.54) is 12.8 Å². The van der Waals surface area contributed by atoms with E-state index >= 15 is 0 Å². The van der Waals surface area contributed by atoms with E-state index in [4.69, 9.17) is 16.6 Å². The topological polar surface area (TPSA) is 29.9 Å². The van der Waals surface area contributed by atoms with Crippen molar-refractivity contribution in [2.45, 2.75) is 31.7 Å². The third kappa shape index (κ3) is 1.82. The SMILES string of the molecule is Cn1c(C2(C)CCCCN2)nc2cc(Cl)ccc21. The zero-order valence-corrected chi connectivity index (χ0v) is 11.6. The minimum absolute atomic E-state index is 0.0154. The van der Waals surface area contributed by atoms with E-state index in [2.05, 4.69) is 23.9 Å². The number of aryl methyl sites for hydroxylation is 1. The number of nitrogens with one attached hydrogen (secondary N) is 1. The zero-order chi connectivity index (χ0) is 12.8. The summed E-state index contributed by atoms with van der Waals surface area (Å²) in [6.45, 7) is 3.31. The van der Waals surface area contributed by atoms with Gasteiger partial charge in [-0.05, 0) is 50.9 Å². The molecule has 1 saturated heterocycles. The smallest absolute Gasteiger partial charge is 0.129 e. The van der Waals surface area contributed by atoms with Gasteiger partial charge in [-0.2, -0.15) is 0 Å². The Morgan fingerprint density at radius 3 is 2.94 bits per heavy atom. The summed E-state index contributed by atoms with van der Waals surface area (Å²) in [5, 5.41) is 4.36. The fraction of sp³-hybridized carbons (Fsp3) is 0.500. The largest absolute Gasteiger partial charge is 0.330 e. The van der Waals surface area contributed by atoms with Gasteiger partial charge < -0.3 is 9.88 Å². The maximum absolute atomic E-state index is 6.04. The van der Waals surface area contributed by atoms with Gasteiger partial charge in [-0.25, -0.2) is 4.98 Å². The molecule has 1 aromatic heterocycles. The zero-order valence-electron chi connectivity index (χ0n) is 10.8. The van der Waals surface area contributed by atoms with Gasteiger partial charge in [0.1, 0.15) is 5.82 Å². The highest BCUT2D eigenvalue weighted by atomic mass is 35.5. The number of fused-ring (bicyclic) bond motifs is 1. The molecule has 0 aliphatic carbocycles. The van der Waals surface area contributed by atoms with Crippen LogP contribution in [0.25, 0.3) is 11.0 Å². The number of hydrogen-bond acceptors (Lipinski definition) is 2. The monoisotopic (exact) mass is 263 g/mol. The fourth-order valence-electron chi connectivity index (χ4n) is 2.91. The van der Waals surface area contributed by atoms with Crippen LogP contribution in [0.15, 0.2) is 18.2 Å². The van der Waals surface area contributed by atoms with Crippen molar-refractivity contribution < 1.29 is 0 Å². The Kier molecular flexibility index (Phi) is 2.83. The molecule has 0 bridgehead atoms. The van der Waals surface area contributed by atoms with Gasteiger partial charge in [-0.3, -0.25) is 0 Å². The lowest BCUT2D eigenvalue weighted by molar-refractivity contribution is 0.264. The molecule has 1 atom stereocenters. The third-order valence-corrected chi connectivity index (χ3v) is 4.19. The first-order valence-corrected chi connectivity index (χ1v) is 6.85. The predicted molar refractivity (Wildman–Crippen MR) is 74.9 cm³/mol. The van der Waals surface area contributed by atoms with Crippen molar-refractivity contribution in [1.29, 1.82) is 0 Å². The second-order valence-corrected chi connectivity index (χ2v) is 5.78. The Bertz CT molecular complexity index is 582. The van der Waals surface area contributed by atoms with E-state index in [-0.39, 0.29) is 5.54 Å². The van der Waals surface area contributed by atoms with Crippen molar-refractivity contribution in [2.24, 2.45) is 7.05 Å². The first-order valence-electron chi connectivity index (χ1n) is 6.48. The molecule has 2 heterocycles. The molecular formula is C14H18ClN3. The molecule has 0 amide bonds. The first-order chi connectivity index (χ1) is 8.60. The van der Waals surface area contributed by atoms with Gasteiger partial charge in [0.05, 0.1) is 16.6 Å². The standard InChI is InChI=1S/C14H18ClN3/c1-14(7-3-4-8-16-14)13-17-11-9-10(15)5-6-12(11)18(13)2/h5-6,9,16H,3-4,7-8H2,1-2H3. The molecule has 1 aromatic carbocycles. The maximum Gasteiger partial charge on any atom is 0.129 e. The molecule has 2 aromatic rings.